The molecule has 1 aromatic carbocycles. The van der Waals surface area contributed by atoms with Gasteiger partial charge in [-0.25, -0.2) is 0 Å². The maximum atomic E-state index is 5.83. The summed E-state index contributed by atoms with van der Waals surface area (Å²) in [6.07, 6.45) is 3.76. The van der Waals surface area contributed by atoms with Gasteiger partial charge >= 0.3 is 0 Å². The minimum Gasteiger partial charge on any atom is -0.378 e. The number of rotatable bonds is 2. The molecule has 0 radical (unpaired) electrons. The Labute approximate surface area is 92.1 Å². The second-order valence-corrected chi connectivity index (χ2v) is 4.60. The van der Waals surface area contributed by atoms with Crippen LogP contribution in [0.3, 0.4) is 0 Å². The molecule has 0 spiro atoms. The monoisotopic (exact) mass is 204 g/mol. The molecule has 2 nitrogen and oxygen atoms in total. The summed E-state index contributed by atoms with van der Waals surface area (Å²) in [7, 11) is 4.17. The van der Waals surface area contributed by atoms with Crippen LogP contribution in [0, 0.1) is 0 Å². The fourth-order valence-electron chi connectivity index (χ4n) is 2.41. The summed E-state index contributed by atoms with van der Waals surface area (Å²) in [5.74, 6) is 0.577. The number of nitrogens with zero attached hydrogens (tertiary/aromatic N) is 1. The van der Waals surface area contributed by atoms with Gasteiger partial charge in [0.1, 0.15) is 0 Å². The van der Waals surface area contributed by atoms with E-state index in [1.807, 2.05) is 0 Å². The topological polar surface area (TPSA) is 29.3 Å². The van der Waals surface area contributed by atoms with Crippen molar-refractivity contribution in [1.82, 2.24) is 0 Å². The van der Waals surface area contributed by atoms with Crippen LogP contribution in [0.4, 0.5) is 5.69 Å². The molecule has 0 aromatic heterocycles. The number of hydrogen-bond donors (Lipinski definition) is 1. The zero-order valence-corrected chi connectivity index (χ0v) is 9.66. The molecule has 15 heavy (non-hydrogen) atoms. The van der Waals surface area contributed by atoms with Gasteiger partial charge in [-0.1, -0.05) is 6.07 Å². The molecule has 0 fully saturated rings. The van der Waals surface area contributed by atoms with Gasteiger partial charge < -0.3 is 10.6 Å². The molecule has 0 bridgehead atoms. The summed E-state index contributed by atoms with van der Waals surface area (Å²) in [4.78, 5) is 2.16. The molecular formula is C13H20N2. The summed E-state index contributed by atoms with van der Waals surface area (Å²) >= 11 is 0. The van der Waals surface area contributed by atoms with Crippen LogP contribution in [-0.4, -0.2) is 20.6 Å². The highest BCUT2D eigenvalue weighted by Crippen LogP contribution is 2.33. The first-order chi connectivity index (χ1) is 7.22. The number of hydrogen-bond acceptors (Lipinski definition) is 2. The van der Waals surface area contributed by atoms with Gasteiger partial charge in [0.05, 0.1) is 0 Å². The van der Waals surface area contributed by atoms with Gasteiger partial charge in [-0.05, 0) is 55.0 Å². The lowest BCUT2D eigenvalue weighted by molar-refractivity contribution is 0.561. The average molecular weight is 204 g/mol. The Morgan fingerprint density at radius 2 is 2.20 bits per heavy atom. The van der Waals surface area contributed by atoms with Crippen molar-refractivity contribution >= 4 is 5.69 Å². The molecule has 2 heteroatoms. The molecule has 82 valence electrons. The van der Waals surface area contributed by atoms with E-state index in [0.29, 0.717) is 5.92 Å². The van der Waals surface area contributed by atoms with Gasteiger partial charge in [0, 0.05) is 19.8 Å². The maximum absolute atomic E-state index is 5.83. The number of fused-ring (bicyclic) bond motifs is 1. The van der Waals surface area contributed by atoms with Gasteiger partial charge in [0.15, 0.2) is 0 Å². The molecule has 1 atom stereocenters. The summed E-state index contributed by atoms with van der Waals surface area (Å²) in [5, 5.41) is 0. The minimum atomic E-state index is 0.577. The van der Waals surface area contributed by atoms with Gasteiger partial charge in [0.25, 0.3) is 0 Å². The normalized spacial score (nSPS) is 19.8. The van der Waals surface area contributed by atoms with Crippen LogP contribution in [0.5, 0.6) is 0 Å². The van der Waals surface area contributed by atoms with Crippen LogP contribution in [0.25, 0.3) is 0 Å². The number of anilines is 1. The lowest BCUT2D eigenvalue weighted by Crippen LogP contribution is -2.19. The first-order valence-corrected chi connectivity index (χ1v) is 5.72. The van der Waals surface area contributed by atoms with E-state index in [-0.39, 0.29) is 0 Å². The van der Waals surface area contributed by atoms with Gasteiger partial charge in [-0.15, -0.1) is 0 Å². The molecule has 0 saturated heterocycles. The molecule has 0 aliphatic heterocycles. The largest absolute Gasteiger partial charge is 0.378 e. The van der Waals surface area contributed by atoms with Gasteiger partial charge in [-0.2, -0.15) is 0 Å². The second kappa shape index (κ2) is 4.23. The van der Waals surface area contributed by atoms with Crippen molar-refractivity contribution in [1.29, 1.82) is 0 Å². The molecule has 1 unspecified atom stereocenters. The first-order valence-electron chi connectivity index (χ1n) is 5.72. The van der Waals surface area contributed by atoms with Crippen LogP contribution >= 0.6 is 0 Å². The maximum Gasteiger partial charge on any atom is 0.0364 e. The number of nitrogens with two attached hydrogens (primary N) is 1. The summed E-state index contributed by atoms with van der Waals surface area (Å²) in [6.45, 7) is 0.782. The van der Waals surface area contributed by atoms with Crippen LogP contribution in [-0.2, 0) is 6.42 Å². The molecule has 0 heterocycles. The SMILES string of the molecule is CN(C)c1ccc2c(c1)C(CN)CCC2. The highest BCUT2D eigenvalue weighted by Gasteiger charge is 2.19. The molecule has 2 N–H and O–H groups in total. The van der Waals surface area contributed by atoms with Crippen molar-refractivity contribution < 1.29 is 0 Å². The Hall–Kier alpha value is -1.02. The van der Waals surface area contributed by atoms with E-state index in [4.69, 9.17) is 5.73 Å². The van der Waals surface area contributed by atoms with Crippen LogP contribution in [0.2, 0.25) is 0 Å². The van der Waals surface area contributed by atoms with E-state index in [2.05, 4.69) is 37.2 Å². The van der Waals surface area contributed by atoms with Crippen molar-refractivity contribution in [3.8, 4) is 0 Å². The van der Waals surface area contributed by atoms with Crippen molar-refractivity contribution in [3.63, 3.8) is 0 Å². The van der Waals surface area contributed by atoms with Crippen LogP contribution < -0.4 is 10.6 Å². The summed E-state index contributed by atoms with van der Waals surface area (Å²) in [5.41, 5.74) is 10.1. The molecule has 2 rings (SSSR count). The molecule has 1 aromatic rings. The van der Waals surface area contributed by atoms with E-state index in [9.17, 15) is 0 Å². The smallest absolute Gasteiger partial charge is 0.0364 e. The van der Waals surface area contributed by atoms with Crippen molar-refractivity contribution in [2.24, 2.45) is 5.73 Å². The quantitative estimate of drug-likeness (QED) is 0.799. The molecule has 1 aliphatic carbocycles. The molecule has 0 amide bonds. The van der Waals surface area contributed by atoms with E-state index in [0.717, 1.165) is 6.54 Å². The van der Waals surface area contributed by atoms with Crippen molar-refractivity contribution in [2.75, 3.05) is 25.5 Å². The van der Waals surface area contributed by atoms with E-state index in [1.165, 1.54) is 36.1 Å². The van der Waals surface area contributed by atoms with Crippen molar-refractivity contribution in [2.45, 2.75) is 25.2 Å². The fourth-order valence-corrected chi connectivity index (χ4v) is 2.41. The summed E-state index contributed by atoms with van der Waals surface area (Å²) < 4.78 is 0. The Kier molecular flexibility index (Phi) is 2.96. The minimum absolute atomic E-state index is 0.577. The van der Waals surface area contributed by atoms with Crippen LogP contribution in [0.15, 0.2) is 18.2 Å². The zero-order chi connectivity index (χ0) is 10.8. The highest BCUT2D eigenvalue weighted by molar-refractivity contribution is 5.51. The predicted octanol–water partition coefficient (Wildman–Crippen LogP) is 2.13. The Morgan fingerprint density at radius 3 is 2.87 bits per heavy atom. The predicted molar refractivity (Wildman–Crippen MR) is 65.5 cm³/mol. The highest BCUT2D eigenvalue weighted by atomic mass is 15.1. The van der Waals surface area contributed by atoms with Gasteiger partial charge in [-0.3, -0.25) is 0 Å². The molecule has 1 aliphatic rings. The number of aryl methyl sites for hydroxylation is 1. The van der Waals surface area contributed by atoms with E-state index >= 15 is 0 Å². The molecule has 0 saturated carbocycles. The average Bonchev–Trinajstić information content (AvgIpc) is 2.27. The number of benzene rings is 1. The van der Waals surface area contributed by atoms with E-state index < -0.39 is 0 Å². The Bertz CT molecular complexity index is 344. The van der Waals surface area contributed by atoms with Crippen LogP contribution in [0.1, 0.15) is 29.9 Å². The Balaban J connectivity index is 2.39. The van der Waals surface area contributed by atoms with Gasteiger partial charge in [0.2, 0.25) is 0 Å². The fraction of sp³-hybridized carbons (Fsp3) is 0.538. The Morgan fingerprint density at radius 1 is 1.40 bits per heavy atom. The lowest BCUT2D eigenvalue weighted by atomic mass is 9.82. The van der Waals surface area contributed by atoms with Crippen molar-refractivity contribution in [3.05, 3.63) is 29.3 Å². The first kappa shape index (κ1) is 10.5. The third kappa shape index (κ3) is 2.00. The lowest BCUT2D eigenvalue weighted by Gasteiger charge is -2.26. The summed E-state index contributed by atoms with van der Waals surface area (Å²) in [6, 6.07) is 6.79. The second-order valence-electron chi connectivity index (χ2n) is 4.60. The zero-order valence-electron chi connectivity index (χ0n) is 9.66. The third-order valence-corrected chi connectivity index (χ3v) is 3.37. The third-order valence-electron chi connectivity index (χ3n) is 3.37. The standard InChI is InChI=1S/C13H20N2/c1-15(2)12-7-6-10-4-3-5-11(9-14)13(10)8-12/h6-8,11H,3-5,9,14H2,1-2H3. The molecular weight excluding hydrogens is 184 g/mol. The van der Waals surface area contributed by atoms with E-state index in [1.54, 1.807) is 0 Å².